The summed E-state index contributed by atoms with van der Waals surface area (Å²) in [5, 5.41) is 17.3. The van der Waals surface area contributed by atoms with Crippen LogP contribution >= 0.6 is 0 Å². The zero-order valence-corrected chi connectivity index (χ0v) is 11.4. The minimum Gasteiger partial charge on any atom is -0.459 e. The van der Waals surface area contributed by atoms with Crippen LogP contribution in [0.2, 0.25) is 0 Å². The zero-order valence-electron chi connectivity index (χ0n) is 11.4. The molecule has 2 aromatic rings. The molecule has 6 nitrogen and oxygen atoms in total. The number of aliphatic hydroxyl groups is 1. The summed E-state index contributed by atoms with van der Waals surface area (Å²) in [7, 11) is 0. The topological polar surface area (TPSA) is 75.5 Å². The predicted octanol–water partition coefficient (Wildman–Crippen LogP) is 2.07. The molecular weight excluding hydrogens is 258 g/mol. The first kappa shape index (κ1) is 13.3. The fourth-order valence-electron chi connectivity index (χ4n) is 2.78. The second-order valence-corrected chi connectivity index (χ2v) is 5.11. The van der Waals surface area contributed by atoms with E-state index in [1.165, 1.54) is 25.7 Å². The van der Waals surface area contributed by atoms with Gasteiger partial charge in [-0.15, -0.1) is 10.2 Å². The molecule has 0 spiro atoms. The Bertz CT molecular complexity index is 518. The first-order chi connectivity index (χ1) is 9.86. The van der Waals surface area contributed by atoms with Crippen molar-refractivity contribution in [2.45, 2.75) is 38.3 Å². The summed E-state index contributed by atoms with van der Waals surface area (Å²) in [6.07, 6.45) is 6.45. The number of aromatic nitrogens is 2. The van der Waals surface area contributed by atoms with Crippen molar-refractivity contribution in [2.24, 2.45) is 0 Å². The van der Waals surface area contributed by atoms with E-state index in [2.05, 4.69) is 15.1 Å². The van der Waals surface area contributed by atoms with Gasteiger partial charge in [-0.25, -0.2) is 0 Å². The minimum atomic E-state index is 0.148. The van der Waals surface area contributed by atoms with Gasteiger partial charge in [-0.05, 0) is 25.0 Å². The smallest absolute Gasteiger partial charge is 0.283 e. The molecule has 0 amide bonds. The molecule has 0 atom stereocenters. The molecule has 20 heavy (non-hydrogen) atoms. The number of rotatable bonds is 6. The van der Waals surface area contributed by atoms with Gasteiger partial charge in [0.15, 0.2) is 5.76 Å². The number of hydrogen-bond donors (Lipinski definition) is 1. The number of hydrogen-bond acceptors (Lipinski definition) is 6. The summed E-state index contributed by atoms with van der Waals surface area (Å²) in [4.78, 5) is 2.23. The molecule has 0 radical (unpaired) electrons. The summed E-state index contributed by atoms with van der Waals surface area (Å²) in [5.74, 6) is 1.55. The van der Waals surface area contributed by atoms with Gasteiger partial charge in [0, 0.05) is 12.6 Å². The van der Waals surface area contributed by atoms with Crippen LogP contribution in [0.4, 0.5) is 0 Å². The van der Waals surface area contributed by atoms with Crippen molar-refractivity contribution in [2.75, 3.05) is 13.2 Å². The zero-order chi connectivity index (χ0) is 13.8. The SMILES string of the molecule is OCCN(Cc1nnc(-c2ccco2)o1)C1CCCC1. The van der Waals surface area contributed by atoms with E-state index in [-0.39, 0.29) is 6.61 Å². The normalized spacial score (nSPS) is 16.3. The van der Waals surface area contributed by atoms with Crippen molar-refractivity contribution < 1.29 is 13.9 Å². The Morgan fingerprint density at radius 1 is 1.30 bits per heavy atom. The molecule has 0 bridgehead atoms. The number of aliphatic hydroxyl groups excluding tert-OH is 1. The van der Waals surface area contributed by atoms with E-state index in [4.69, 9.17) is 8.83 Å². The van der Waals surface area contributed by atoms with Crippen LogP contribution in [-0.4, -0.2) is 39.4 Å². The van der Waals surface area contributed by atoms with Crippen LogP contribution in [0.3, 0.4) is 0 Å². The third-order valence-corrected chi connectivity index (χ3v) is 3.77. The molecule has 0 unspecified atom stereocenters. The maximum atomic E-state index is 9.21. The molecule has 108 valence electrons. The van der Waals surface area contributed by atoms with Crippen LogP contribution in [0.25, 0.3) is 11.7 Å². The number of nitrogens with zero attached hydrogens (tertiary/aromatic N) is 3. The summed E-state index contributed by atoms with van der Waals surface area (Å²) in [5.41, 5.74) is 0. The van der Waals surface area contributed by atoms with Crippen LogP contribution in [-0.2, 0) is 6.54 Å². The van der Waals surface area contributed by atoms with Crippen LogP contribution in [0.15, 0.2) is 27.2 Å². The second kappa shape index (κ2) is 6.19. The van der Waals surface area contributed by atoms with E-state index in [0.29, 0.717) is 36.7 Å². The molecule has 1 fully saturated rings. The summed E-state index contributed by atoms with van der Waals surface area (Å²) in [6.45, 7) is 1.37. The molecule has 0 aromatic carbocycles. The van der Waals surface area contributed by atoms with Crippen LogP contribution < -0.4 is 0 Å². The lowest BCUT2D eigenvalue weighted by Gasteiger charge is -2.26. The van der Waals surface area contributed by atoms with Gasteiger partial charge in [0.05, 0.1) is 19.4 Å². The van der Waals surface area contributed by atoms with E-state index in [1.54, 1.807) is 18.4 Å². The Kier molecular flexibility index (Phi) is 4.13. The summed E-state index contributed by atoms with van der Waals surface area (Å²) in [6, 6.07) is 4.09. The maximum absolute atomic E-state index is 9.21. The Labute approximate surface area is 117 Å². The van der Waals surface area contributed by atoms with Gasteiger partial charge in [0.2, 0.25) is 5.89 Å². The van der Waals surface area contributed by atoms with Gasteiger partial charge < -0.3 is 13.9 Å². The van der Waals surface area contributed by atoms with E-state index in [0.717, 1.165) is 0 Å². The van der Waals surface area contributed by atoms with Gasteiger partial charge in [-0.1, -0.05) is 12.8 Å². The minimum absolute atomic E-state index is 0.148. The van der Waals surface area contributed by atoms with Crippen molar-refractivity contribution in [1.29, 1.82) is 0 Å². The standard InChI is InChI=1S/C14H19N3O3/c18-8-7-17(11-4-1-2-5-11)10-13-15-16-14(20-13)12-6-3-9-19-12/h3,6,9,11,18H,1-2,4-5,7-8,10H2. The fourth-order valence-corrected chi connectivity index (χ4v) is 2.78. The molecule has 0 aliphatic heterocycles. The highest BCUT2D eigenvalue weighted by molar-refractivity contribution is 5.42. The molecule has 1 N–H and O–H groups in total. The maximum Gasteiger partial charge on any atom is 0.283 e. The van der Waals surface area contributed by atoms with Crippen molar-refractivity contribution in [3.05, 3.63) is 24.3 Å². The van der Waals surface area contributed by atoms with E-state index >= 15 is 0 Å². The molecule has 3 rings (SSSR count). The largest absolute Gasteiger partial charge is 0.459 e. The van der Waals surface area contributed by atoms with Crippen LogP contribution in [0.1, 0.15) is 31.6 Å². The Balaban J connectivity index is 1.68. The second-order valence-electron chi connectivity index (χ2n) is 5.11. The van der Waals surface area contributed by atoms with E-state index in [9.17, 15) is 5.11 Å². The lowest BCUT2D eigenvalue weighted by atomic mass is 10.2. The molecule has 6 heteroatoms. The Morgan fingerprint density at radius 3 is 2.85 bits per heavy atom. The molecule has 1 aliphatic carbocycles. The van der Waals surface area contributed by atoms with Crippen molar-refractivity contribution in [3.63, 3.8) is 0 Å². The van der Waals surface area contributed by atoms with Crippen molar-refractivity contribution >= 4 is 0 Å². The lowest BCUT2D eigenvalue weighted by molar-refractivity contribution is 0.134. The first-order valence-electron chi connectivity index (χ1n) is 7.08. The van der Waals surface area contributed by atoms with Crippen molar-refractivity contribution in [1.82, 2.24) is 15.1 Å². The lowest BCUT2D eigenvalue weighted by Crippen LogP contribution is -2.35. The molecule has 0 saturated heterocycles. The molecule has 1 aliphatic rings. The third-order valence-electron chi connectivity index (χ3n) is 3.77. The fraction of sp³-hybridized carbons (Fsp3) is 0.571. The molecule has 2 heterocycles. The van der Waals surface area contributed by atoms with Gasteiger partial charge in [-0.3, -0.25) is 4.90 Å². The third kappa shape index (κ3) is 2.91. The average Bonchev–Trinajstić information content (AvgIpc) is 3.20. The van der Waals surface area contributed by atoms with Crippen LogP contribution in [0.5, 0.6) is 0 Å². The highest BCUT2D eigenvalue weighted by atomic mass is 16.4. The van der Waals surface area contributed by atoms with Gasteiger partial charge >= 0.3 is 0 Å². The Morgan fingerprint density at radius 2 is 2.15 bits per heavy atom. The number of furan rings is 1. The average molecular weight is 277 g/mol. The van der Waals surface area contributed by atoms with Gasteiger partial charge in [0.25, 0.3) is 5.89 Å². The quantitative estimate of drug-likeness (QED) is 0.871. The molecule has 1 saturated carbocycles. The first-order valence-corrected chi connectivity index (χ1v) is 7.08. The highest BCUT2D eigenvalue weighted by Gasteiger charge is 2.24. The molecular formula is C14H19N3O3. The van der Waals surface area contributed by atoms with E-state index in [1.807, 2.05) is 0 Å². The summed E-state index contributed by atoms with van der Waals surface area (Å²) >= 11 is 0. The van der Waals surface area contributed by atoms with Gasteiger partial charge in [-0.2, -0.15) is 0 Å². The van der Waals surface area contributed by atoms with Gasteiger partial charge in [0.1, 0.15) is 0 Å². The molecule has 2 aromatic heterocycles. The Hall–Kier alpha value is -1.66. The van der Waals surface area contributed by atoms with Crippen LogP contribution in [0, 0.1) is 0 Å². The van der Waals surface area contributed by atoms with E-state index < -0.39 is 0 Å². The highest BCUT2D eigenvalue weighted by Crippen LogP contribution is 2.25. The monoisotopic (exact) mass is 277 g/mol. The summed E-state index contributed by atoms with van der Waals surface area (Å²) < 4.78 is 10.9. The predicted molar refractivity (Wildman–Crippen MR) is 71.8 cm³/mol. The van der Waals surface area contributed by atoms with Crippen molar-refractivity contribution in [3.8, 4) is 11.7 Å².